The van der Waals surface area contributed by atoms with Crippen LogP contribution in [0.5, 0.6) is 0 Å². The molecule has 6 heteroatoms. The largest absolute Gasteiger partial charge is 0.392 e. The summed E-state index contributed by atoms with van der Waals surface area (Å²) < 4.78 is 0. The quantitative estimate of drug-likeness (QED) is 0.875. The lowest BCUT2D eigenvalue weighted by molar-refractivity contribution is -0.118. The normalized spacial score (nSPS) is 22.4. The van der Waals surface area contributed by atoms with Gasteiger partial charge in [-0.25, -0.2) is 0 Å². The average molecular weight is 317 g/mol. The van der Waals surface area contributed by atoms with Gasteiger partial charge in [-0.1, -0.05) is 12.1 Å². The van der Waals surface area contributed by atoms with E-state index in [4.69, 9.17) is 0 Å². The predicted octanol–water partition coefficient (Wildman–Crippen LogP) is 1.21. The lowest BCUT2D eigenvalue weighted by Crippen LogP contribution is -2.42. The minimum absolute atomic E-state index is 0.103. The van der Waals surface area contributed by atoms with Crippen LogP contribution in [0, 0.1) is 0 Å². The number of hydrogen-bond donors (Lipinski definition) is 2. The van der Waals surface area contributed by atoms with Crippen molar-refractivity contribution in [1.29, 1.82) is 0 Å². The third-order valence-corrected chi connectivity index (χ3v) is 4.39. The van der Waals surface area contributed by atoms with E-state index in [0.29, 0.717) is 25.2 Å². The number of carbonyl (C=O) groups is 2. The van der Waals surface area contributed by atoms with Gasteiger partial charge < -0.3 is 15.3 Å². The molecule has 2 aliphatic heterocycles. The molecule has 1 atom stereocenters. The Morgan fingerprint density at radius 3 is 2.83 bits per heavy atom. The second kappa shape index (κ2) is 7.10. The molecule has 0 spiro atoms. The summed E-state index contributed by atoms with van der Waals surface area (Å²) in [5, 5.41) is 12.6. The van der Waals surface area contributed by atoms with E-state index in [1.54, 1.807) is 4.90 Å². The first-order chi connectivity index (χ1) is 11.1. The number of nitrogens with one attached hydrogen (secondary N) is 1. The second-order valence-electron chi connectivity index (χ2n) is 6.25. The maximum atomic E-state index is 12.3. The van der Waals surface area contributed by atoms with E-state index in [1.807, 2.05) is 29.2 Å². The van der Waals surface area contributed by atoms with Crippen LogP contribution in [0.3, 0.4) is 0 Å². The topological polar surface area (TPSA) is 72.9 Å². The van der Waals surface area contributed by atoms with Gasteiger partial charge in [-0.15, -0.1) is 0 Å². The second-order valence-corrected chi connectivity index (χ2v) is 6.25. The highest BCUT2D eigenvalue weighted by Gasteiger charge is 2.25. The molecule has 2 fully saturated rings. The van der Waals surface area contributed by atoms with E-state index in [9.17, 15) is 14.7 Å². The van der Waals surface area contributed by atoms with Crippen LogP contribution in [-0.4, -0.2) is 54.1 Å². The Morgan fingerprint density at radius 1 is 1.26 bits per heavy atom. The number of benzene rings is 1. The molecule has 3 rings (SSSR count). The fourth-order valence-corrected chi connectivity index (χ4v) is 3.29. The van der Waals surface area contributed by atoms with Crippen LogP contribution >= 0.6 is 0 Å². The van der Waals surface area contributed by atoms with Crippen LogP contribution in [0.15, 0.2) is 24.3 Å². The molecular weight excluding hydrogens is 294 g/mol. The van der Waals surface area contributed by atoms with Gasteiger partial charge in [-0.3, -0.25) is 14.5 Å². The summed E-state index contributed by atoms with van der Waals surface area (Å²) in [6.45, 7) is 2.33. The van der Waals surface area contributed by atoms with Gasteiger partial charge in [0, 0.05) is 19.5 Å². The molecule has 1 unspecified atom stereocenters. The van der Waals surface area contributed by atoms with Crippen molar-refractivity contribution in [1.82, 2.24) is 4.90 Å². The first-order valence-electron chi connectivity index (χ1n) is 8.23. The molecule has 2 amide bonds. The third kappa shape index (κ3) is 3.89. The first-order valence-corrected chi connectivity index (χ1v) is 8.23. The number of nitrogens with zero attached hydrogens (tertiary/aromatic N) is 2. The molecule has 2 aliphatic rings. The van der Waals surface area contributed by atoms with Gasteiger partial charge in [0.05, 0.1) is 24.0 Å². The first kappa shape index (κ1) is 16.0. The van der Waals surface area contributed by atoms with Crippen LogP contribution in [0.4, 0.5) is 11.4 Å². The number of hydrogen-bond acceptors (Lipinski definition) is 4. The Labute approximate surface area is 136 Å². The number of para-hydroxylation sites is 2. The van der Waals surface area contributed by atoms with Gasteiger partial charge in [0.2, 0.25) is 11.8 Å². The monoisotopic (exact) mass is 317 g/mol. The molecule has 0 saturated carbocycles. The number of carbonyl (C=O) groups excluding carboxylic acids is 2. The summed E-state index contributed by atoms with van der Waals surface area (Å²) in [5.74, 6) is -0.0101. The van der Waals surface area contributed by atoms with Gasteiger partial charge in [-0.05, 0) is 37.9 Å². The van der Waals surface area contributed by atoms with E-state index in [2.05, 4.69) is 5.32 Å². The van der Waals surface area contributed by atoms with Gasteiger partial charge in [0.25, 0.3) is 0 Å². The molecule has 1 aromatic carbocycles. The van der Waals surface area contributed by atoms with Crippen molar-refractivity contribution in [3.05, 3.63) is 24.3 Å². The Bertz CT molecular complexity index is 590. The highest BCUT2D eigenvalue weighted by Crippen LogP contribution is 2.29. The molecule has 0 bridgehead atoms. The van der Waals surface area contributed by atoms with Crippen molar-refractivity contribution in [2.75, 3.05) is 36.4 Å². The molecule has 0 aromatic heterocycles. The number of aliphatic hydroxyl groups is 1. The molecule has 1 aromatic rings. The lowest BCUT2D eigenvalue weighted by atomic mass is 10.1. The van der Waals surface area contributed by atoms with Crippen molar-refractivity contribution in [3.8, 4) is 0 Å². The molecular formula is C17H23N3O3. The molecule has 2 heterocycles. The number of anilines is 2. The zero-order valence-corrected chi connectivity index (χ0v) is 13.2. The van der Waals surface area contributed by atoms with Crippen molar-refractivity contribution < 1.29 is 14.7 Å². The average Bonchev–Trinajstić information content (AvgIpc) is 2.94. The minimum Gasteiger partial charge on any atom is -0.392 e. The van der Waals surface area contributed by atoms with E-state index in [0.717, 1.165) is 31.5 Å². The number of rotatable bonds is 4. The molecule has 2 saturated heterocycles. The standard InChI is InChI=1S/C17H23N3O3/c21-13-5-3-9-19(11-13)12-16(22)18-14-6-1-2-7-15(14)20-10-4-8-17(20)23/h1-2,6-7,13,21H,3-5,8-12H2,(H,18,22). The van der Waals surface area contributed by atoms with E-state index in [-0.39, 0.29) is 24.5 Å². The summed E-state index contributed by atoms with van der Waals surface area (Å²) in [6.07, 6.45) is 2.79. The fraction of sp³-hybridized carbons (Fsp3) is 0.529. The summed E-state index contributed by atoms with van der Waals surface area (Å²) in [6, 6.07) is 7.41. The SMILES string of the molecule is O=C(CN1CCCC(O)C1)Nc1ccccc1N1CCCC1=O. The highest BCUT2D eigenvalue weighted by molar-refractivity contribution is 6.02. The molecule has 0 radical (unpaired) electrons. The number of piperidine rings is 1. The number of aliphatic hydroxyl groups excluding tert-OH is 1. The zero-order valence-electron chi connectivity index (χ0n) is 13.2. The van der Waals surface area contributed by atoms with Gasteiger partial charge >= 0.3 is 0 Å². The zero-order chi connectivity index (χ0) is 16.2. The van der Waals surface area contributed by atoms with Gasteiger partial charge in [0.15, 0.2) is 0 Å². The Balaban J connectivity index is 1.65. The number of amides is 2. The van der Waals surface area contributed by atoms with Crippen LogP contribution in [0.25, 0.3) is 0 Å². The summed E-state index contributed by atoms with van der Waals surface area (Å²) in [7, 11) is 0. The van der Waals surface area contributed by atoms with Crippen LogP contribution < -0.4 is 10.2 Å². The smallest absolute Gasteiger partial charge is 0.238 e. The fourth-order valence-electron chi connectivity index (χ4n) is 3.29. The van der Waals surface area contributed by atoms with Crippen LogP contribution in [0.1, 0.15) is 25.7 Å². The maximum absolute atomic E-state index is 12.3. The minimum atomic E-state index is -0.342. The molecule has 2 N–H and O–H groups in total. The van der Waals surface area contributed by atoms with Crippen molar-refractivity contribution in [3.63, 3.8) is 0 Å². The van der Waals surface area contributed by atoms with Gasteiger partial charge in [-0.2, -0.15) is 0 Å². The van der Waals surface area contributed by atoms with E-state index >= 15 is 0 Å². The van der Waals surface area contributed by atoms with E-state index < -0.39 is 0 Å². The van der Waals surface area contributed by atoms with Crippen molar-refractivity contribution >= 4 is 23.2 Å². The van der Waals surface area contributed by atoms with Crippen molar-refractivity contribution in [2.45, 2.75) is 31.8 Å². The molecule has 23 heavy (non-hydrogen) atoms. The van der Waals surface area contributed by atoms with Crippen molar-refractivity contribution in [2.24, 2.45) is 0 Å². The molecule has 124 valence electrons. The molecule has 6 nitrogen and oxygen atoms in total. The predicted molar refractivity (Wildman–Crippen MR) is 88.3 cm³/mol. The van der Waals surface area contributed by atoms with Crippen LogP contribution in [0.2, 0.25) is 0 Å². The highest BCUT2D eigenvalue weighted by atomic mass is 16.3. The maximum Gasteiger partial charge on any atom is 0.238 e. The lowest BCUT2D eigenvalue weighted by Gasteiger charge is -2.29. The number of likely N-dealkylation sites (tertiary alicyclic amines) is 1. The van der Waals surface area contributed by atoms with E-state index in [1.165, 1.54) is 0 Å². The Morgan fingerprint density at radius 2 is 2.09 bits per heavy atom. The van der Waals surface area contributed by atoms with Crippen LogP contribution in [-0.2, 0) is 9.59 Å². The summed E-state index contributed by atoms with van der Waals surface area (Å²) in [5.41, 5.74) is 1.44. The Kier molecular flexibility index (Phi) is 4.93. The third-order valence-electron chi connectivity index (χ3n) is 4.39. The number of β-amino-alcohol motifs (C(OH)–C–C–N with tert-alkyl or cyclic N) is 1. The summed E-state index contributed by atoms with van der Waals surface area (Å²) >= 11 is 0. The summed E-state index contributed by atoms with van der Waals surface area (Å²) in [4.78, 5) is 27.9. The molecule has 0 aliphatic carbocycles. The van der Waals surface area contributed by atoms with Gasteiger partial charge in [0.1, 0.15) is 0 Å². The Hall–Kier alpha value is -1.92.